The third-order valence-electron chi connectivity index (χ3n) is 1.81. The van der Waals surface area contributed by atoms with Crippen LogP contribution in [0.25, 0.3) is 0 Å². The molecule has 9 heteroatoms. The van der Waals surface area contributed by atoms with Crippen LogP contribution in [0.15, 0.2) is 12.3 Å². The second-order valence-electron chi connectivity index (χ2n) is 3.02. The highest BCUT2D eigenvalue weighted by Gasteiger charge is 2.31. The first kappa shape index (κ1) is 14.2. The maximum Gasteiger partial charge on any atom is 0.417 e. The Balaban J connectivity index is 3.07. The van der Waals surface area contributed by atoms with Gasteiger partial charge in [0, 0.05) is 6.20 Å². The van der Waals surface area contributed by atoms with Crippen LogP contribution in [0.2, 0.25) is 5.02 Å². The lowest BCUT2D eigenvalue weighted by molar-refractivity contribution is -0.137. The molecule has 0 aliphatic carbocycles. The zero-order chi connectivity index (χ0) is 13.3. The van der Waals surface area contributed by atoms with Crippen LogP contribution < -0.4 is 0 Å². The third-order valence-corrected chi connectivity index (χ3v) is 3.27. The number of nitrogens with zero attached hydrogens (tertiary/aromatic N) is 1. The normalized spacial score (nSPS) is 12.8. The molecule has 0 unspecified atom stereocenters. The summed E-state index contributed by atoms with van der Waals surface area (Å²) < 4.78 is 63.1. The van der Waals surface area contributed by atoms with E-state index in [1.165, 1.54) is 0 Å². The summed E-state index contributed by atoms with van der Waals surface area (Å²) in [6.45, 7) is 0. The molecule has 0 saturated heterocycles. The van der Waals surface area contributed by atoms with Gasteiger partial charge in [-0.05, 0) is 6.07 Å². The number of pyridine rings is 1. The molecule has 0 N–H and O–H groups in total. The van der Waals surface area contributed by atoms with Crippen LogP contribution in [0.4, 0.5) is 13.2 Å². The maximum atomic E-state index is 12.3. The predicted molar refractivity (Wildman–Crippen MR) is 53.9 cm³/mol. The standard InChI is InChI=1S/C8H7ClF3NO3S/c1-16-17(14,15)4-7-6(9)2-5(3-13-7)8(10,11)12/h2-3H,4H2,1H3. The lowest BCUT2D eigenvalue weighted by Gasteiger charge is -2.08. The Hall–Kier alpha value is -0.860. The summed E-state index contributed by atoms with van der Waals surface area (Å²) in [7, 11) is -2.93. The lowest BCUT2D eigenvalue weighted by Crippen LogP contribution is -2.10. The van der Waals surface area contributed by atoms with Gasteiger partial charge in [0.25, 0.3) is 10.1 Å². The molecule has 0 aliphatic heterocycles. The summed E-state index contributed by atoms with van der Waals surface area (Å²) >= 11 is 5.52. The first-order valence-corrected chi connectivity index (χ1v) is 6.11. The average molecular weight is 290 g/mol. The van der Waals surface area contributed by atoms with E-state index in [4.69, 9.17) is 11.6 Å². The molecule has 1 heterocycles. The van der Waals surface area contributed by atoms with E-state index < -0.39 is 27.6 Å². The van der Waals surface area contributed by atoms with Gasteiger partial charge in [-0.25, -0.2) is 0 Å². The van der Waals surface area contributed by atoms with Crippen LogP contribution in [0.3, 0.4) is 0 Å². The monoisotopic (exact) mass is 289 g/mol. The highest BCUT2D eigenvalue weighted by atomic mass is 35.5. The number of hydrogen-bond acceptors (Lipinski definition) is 4. The van der Waals surface area contributed by atoms with E-state index >= 15 is 0 Å². The summed E-state index contributed by atoms with van der Waals surface area (Å²) in [6.07, 6.45) is -4.05. The fourth-order valence-electron chi connectivity index (χ4n) is 0.954. The average Bonchev–Trinajstić information content (AvgIpc) is 2.19. The molecule has 0 spiro atoms. The first-order valence-electron chi connectivity index (χ1n) is 4.15. The Labute approximate surface area is 100 Å². The smallest absolute Gasteiger partial charge is 0.273 e. The highest BCUT2D eigenvalue weighted by Crippen LogP contribution is 2.31. The van der Waals surface area contributed by atoms with Crippen molar-refractivity contribution in [2.45, 2.75) is 11.9 Å². The Kier molecular flexibility index (Phi) is 4.00. The van der Waals surface area contributed by atoms with Crippen LogP contribution in [0.5, 0.6) is 0 Å². The van der Waals surface area contributed by atoms with E-state index in [-0.39, 0.29) is 10.7 Å². The number of hydrogen-bond donors (Lipinski definition) is 0. The molecule has 1 aromatic heterocycles. The maximum absolute atomic E-state index is 12.3. The molecule has 0 bridgehead atoms. The first-order chi connectivity index (χ1) is 7.65. The fourth-order valence-corrected chi connectivity index (χ4v) is 1.95. The quantitative estimate of drug-likeness (QED) is 0.801. The fraction of sp³-hybridized carbons (Fsp3) is 0.375. The molecular formula is C8H7ClF3NO3S. The van der Waals surface area contributed by atoms with Gasteiger partial charge < -0.3 is 0 Å². The van der Waals surface area contributed by atoms with Gasteiger partial charge in [0.05, 0.1) is 23.4 Å². The van der Waals surface area contributed by atoms with Crippen molar-refractivity contribution >= 4 is 21.7 Å². The number of rotatable bonds is 3. The number of aromatic nitrogens is 1. The predicted octanol–water partition coefficient (Wildman–Crippen LogP) is 2.23. The molecule has 1 aromatic rings. The van der Waals surface area contributed by atoms with Crippen LogP contribution in [0.1, 0.15) is 11.3 Å². The van der Waals surface area contributed by atoms with Crippen LogP contribution >= 0.6 is 11.6 Å². The summed E-state index contributed by atoms with van der Waals surface area (Å²) in [4.78, 5) is 3.37. The van der Waals surface area contributed by atoms with E-state index in [0.717, 1.165) is 7.11 Å². The van der Waals surface area contributed by atoms with E-state index in [1.807, 2.05) is 0 Å². The second kappa shape index (κ2) is 4.79. The third kappa shape index (κ3) is 3.83. The molecule has 1 rings (SSSR count). The zero-order valence-corrected chi connectivity index (χ0v) is 10.0. The Bertz CT molecular complexity index is 515. The SMILES string of the molecule is COS(=O)(=O)Cc1ncc(C(F)(F)F)cc1Cl. The Morgan fingerprint density at radius 2 is 2.06 bits per heavy atom. The molecule has 0 radical (unpaired) electrons. The van der Waals surface area contributed by atoms with Gasteiger partial charge in [0.2, 0.25) is 0 Å². The van der Waals surface area contributed by atoms with Crippen molar-refractivity contribution in [3.63, 3.8) is 0 Å². The molecule has 0 amide bonds. The Morgan fingerprint density at radius 3 is 2.47 bits per heavy atom. The molecule has 0 aromatic carbocycles. The van der Waals surface area contributed by atoms with Crippen molar-refractivity contribution in [1.29, 1.82) is 0 Å². The minimum atomic E-state index is -4.57. The van der Waals surface area contributed by atoms with Gasteiger partial charge in [0.1, 0.15) is 5.75 Å². The molecule has 0 fully saturated rings. The highest BCUT2D eigenvalue weighted by molar-refractivity contribution is 7.85. The molecule has 0 saturated carbocycles. The topological polar surface area (TPSA) is 56.3 Å². The van der Waals surface area contributed by atoms with Gasteiger partial charge in [-0.1, -0.05) is 11.6 Å². The summed E-state index contributed by atoms with van der Waals surface area (Å²) in [6, 6.07) is 0.620. The van der Waals surface area contributed by atoms with Crippen LogP contribution in [-0.2, 0) is 26.2 Å². The molecule has 96 valence electrons. The second-order valence-corrected chi connectivity index (χ2v) is 5.16. The molecule has 4 nitrogen and oxygen atoms in total. The van der Waals surface area contributed by atoms with Crippen molar-refractivity contribution in [2.24, 2.45) is 0 Å². The van der Waals surface area contributed by atoms with Gasteiger partial charge in [0.15, 0.2) is 0 Å². The van der Waals surface area contributed by atoms with Gasteiger partial charge in [-0.2, -0.15) is 21.6 Å². The van der Waals surface area contributed by atoms with E-state index in [0.29, 0.717) is 12.3 Å². The largest absolute Gasteiger partial charge is 0.417 e. The van der Waals surface area contributed by atoms with Gasteiger partial charge in [-0.3, -0.25) is 9.17 Å². The Morgan fingerprint density at radius 1 is 1.47 bits per heavy atom. The lowest BCUT2D eigenvalue weighted by atomic mass is 10.2. The van der Waals surface area contributed by atoms with E-state index in [9.17, 15) is 21.6 Å². The minimum Gasteiger partial charge on any atom is -0.273 e. The van der Waals surface area contributed by atoms with Crippen molar-refractivity contribution in [3.8, 4) is 0 Å². The van der Waals surface area contributed by atoms with Crippen molar-refractivity contribution in [3.05, 3.63) is 28.5 Å². The van der Waals surface area contributed by atoms with Crippen LogP contribution in [-0.4, -0.2) is 20.5 Å². The van der Waals surface area contributed by atoms with Crippen molar-refractivity contribution in [1.82, 2.24) is 4.98 Å². The van der Waals surface area contributed by atoms with E-state index in [1.54, 1.807) is 0 Å². The van der Waals surface area contributed by atoms with Crippen LogP contribution in [0, 0.1) is 0 Å². The van der Waals surface area contributed by atoms with E-state index in [2.05, 4.69) is 9.17 Å². The molecule has 17 heavy (non-hydrogen) atoms. The van der Waals surface area contributed by atoms with Crippen molar-refractivity contribution in [2.75, 3.05) is 7.11 Å². The summed E-state index contributed by atoms with van der Waals surface area (Å²) in [5, 5.41) is -0.375. The number of alkyl halides is 3. The molecule has 0 aliphatic rings. The van der Waals surface area contributed by atoms with Crippen molar-refractivity contribution < 1.29 is 25.8 Å². The summed E-state index contributed by atoms with van der Waals surface area (Å²) in [5.41, 5.74) is -1.23. The zero-order valence-electron chi connectivity index (χ0n) is 8.45. The molecular weight excluding hydrogens is 283 g/mol. The minimum absolute atomic E-state index is 0.193. The summed E-state index contributed by atoms with van der Waals surface area (Å²) in [5.74, 6) is -0.680. The number of halogens is 4. The van der Waals surface area contributed by atoms with Gasteiger partial charge in [-0.15, -0.1) is 0 Å². The molecule has 0 atom stereocenters. The van der Waals surface area contributed by atoms with Gasteiger partial charge >= 0.3 is 6.18 Å².